The molecule has 0 bridgehead atoms. The average Bonchev–Trinajstić information content (AvgIpc) is 2.56. The van der Waals surface area contributed by atoms with Crippen LogP contribution in [0.15, 0.2) is 60.7 Å². The maximum absolute atomic E-state index is 2.37. The number of hydrogen-bond acceptors (Lipinski definition) is 0. The van der Waals surface area contributed by atoms with E-state index in [1.807, 2.05) is 0 Å². The monoisotopic (exact) mass is 308 g/mol. The molecule has 0 radical (unpaired) electrons. The molecule has 0 spiro atoms. The van der Waals surface area contributed by atoms with Crippen molar-refractivity contribution in [3.8, 4) is 0 Å². The lowest BCUT2D eigenvalue weighted by atomic mass is 9.78. The van der Waals surface area contributed by atoms with Gasteiger partial charge in [0.15, 0.2) is 0 Å². The average molecular weight is 309 g/mol. The molecule has 0 amide bonds. The molecule has 124 valence electrons. The largest absolute Gasteiger partial charge is 0.0622 e. The second-order valence-electron chi connectivity index (χ2n) is 8.06. The van der Waals surface area contributed by atoms with Gasteiger partial charge in [0.25, 0.3) is 0 Å². The summed E-state index contributed by atoms with van der Waals surface area (Å²) in [5.74, 6) is 0. The topological polar surface area (TPSA) is 0 Å². The molecular formula is C23H32. The lowest BCUT2D eigenvalue weighted by Crippen LogP contribution is -2.18. The second-order valence-corrected chi connectivity index (χ2v) is 8.06. The maximum atomic E-state index is 2.37. The van der Waals surface area contributed by atoms with Crippen LogP contribution >= 0.6 is 0 Å². The zero-order valence-corrected chi connectivity index (χ0v) is 15.3. The molecule has 0 N–H and O–H groups in total. The Balaban J connectivity index is 1.76. The summed E-state index contributed by atoms with van der Waals surface area (Å²) in [7, 11) is 0. The van der Waals surface area contributed by atoms with Crippen LogP contribution in [0.4, 0.5) is 0 Å². The minimum Gasteiger partial charge on any atom is -0.0622 e. The molecule has 0 saturated heterocycles. The Morgan fingerprint density at radius 3 is 1.22 bits per heavy atom. The van der Waals surface area contributed by atoms with E-state index in [0.29, 0.717) is 0 Å². The standard InChI is InChI=1S/C23H32/c1-22(2,20-14-8-5-9-15-20)18-12-7-13-19-23(3,4)21-16-10-6-11-17-21/h5-6,8-11,14-17H,7,12-13,18-19H2,1-4H3. The Labute approximate surface area is 143 Å². The fourth-order valence-corrected chi connectivity index (χ4v) is 3.38. The zero-order valence-electron chi connectivity index (χ0n) is 15.3. The summed E-state index contributed by atoms with van der Waals surface area (Å²) in [5, 5.41) is 0. The quantitative estimate of drug-likeness (QED) is 0.466. The Kier molecular flexibility index (Phi) is 6.04. The van der Waals surface area contributed by atoms with E-state index in [4.69, 9.17) is 0 Å². The molecule has 2 aromatic carbocycles. The van der Waals surface area contributed by atoms with Crippen molar-refractivity contribution in [2.24, 2.45) is 0 Å². The fraction of sp³-hybridized carbons (Fsp3) is 0.478. The van der Waals surface area contributed by atoms with Gasteiger partial charge in [-0.2, -0.15) is 0 Å². The highest BCUT2D eigenvalue weighted by atomic mass is 14.3. The molecule has 0 aliphatic rings. The summed E-state index contributed by atoms with van der Waals surface area (Å²) >= 11 is 0. The number of rotatable bonds is 8. The first-order valence-corrected chi connectivity index (χ1v) is 9.03. The normalized spacial score (nSPS) is 12.3. The maximum Gasteiger partial charge on any atom is -0.0104 e. The zero-order chi connectivity index (χ0) is 16.8. The Bertz CT molecular complexity index is 510. The van der Waals surface area contributed by atoms with Gasteiger partial charge in [0, 0.05) is 0 Å². The third-order valence-corrected chi connectivity index (χ3v) is 5.21. The van der Waals surface area contributed by atoms with Gasteiger partial charge in [0.2, 0.25) is 0 Å². The van der Waals surface area contributed by atoms with Gasteiger partial charge in [-0.1, -0.05) is 108 Å². The molecule has 0 unspecified atom stereocenters. The molecule has 0 aromatic heterocycles. The van der Waals surface area contributed by atoms with Crippen LogP contribution in [0.1, 0.15) is 70.9 Å². The van der Waals surface area contributed by atoms with E-state index < -0.39 is 0 Å². The first-order chi connectivity index (χ1) is 10.9. The van der Waals surface area contributed by atoms with Crippen LogP contribution in [0.3, 0.4) is 0 Å². The molecule has 0 aliphatic heterocycles. The molecule has 23 heavy (non-hydrogen) atoms. The summed E-state index contributed by atoms with van der Waals surface area (Å²) in [4.78, 5) is 0. The van der Waals surface area contributed by atoms with Crippen LogP contribution in [-0.4, -0.2) is 0 Å². The summed E-state index contributed by atoms with van der Waals surface area (Å²) in [6.07, 6.45) is 6.48. The molecule has 2 aromatic rings. The Morgan fingerprint density at radius 1 is 0.522 bits per heavy atom. The molecule has 2 rings (SSSR count). The Hall–Kier alpha value is -1.56. The summed E-state index contributed by atoms with van der Waals surface area (Å²) in [5.41, 5.74) is 3.50. The van der Waals surface area contributed by atoms with Gasteiger partial charge in [-0.25, -0.2) is 0 Å². The van der Waals surface area contributed by atoms with Crippen LogP contribution in [0, 0.1) is 0 Å². The molecule has 0 atom stereocenters. The van der Waals surface area contributed by atoms with Gasteiger partial charge in [-0.15, -0.1) is 0 Å². The molecule has 0 aliphatic carbocycles. The highest BCUT2D eigenvalue weighted by Gasteiger charge is 2.21. The van der Waals surface area contributed by atoms with Gasteiger partial charge in [-0.3, -0.25) is 0 Å². The summed E-state index contributed by atoms with van der Waals surface area (Å²) in [6, 6.07) is 21.9. The van der Waals surface area contributed by atoms with Crippen molar-refractivity contribution >= 4 is 0 Å². The second kappa shape index (κ2) is 7.81. The van der Waals surface area contributed by atoms with E-state index >= 15 is 0 Å². The third-order valence-electron chi connectivity index (χ3n) is 5.21. The van der Waals surface area contributed by atoms with Crippen molar-refractivity contribution in [2.45, 2.75) is 70.6 Å². The van der Waals surface area contributed by atoms with Crippen molar-refractivity contribution in [1.82, 2.24) is 0 Å². The van der Waals surface area contributed by atoms with E-state index in [-0.39, 0.29) is 10.8 Å². The van der Waals surface area contributed by atoms with Gasteiger partial charge >= 0.3 is 0 Å². The molecular weight excluding hydrogens is 276 g/mol. The van der Waals surface area contributed by atoms with Crippen LogP contribution in [-0.2, 0) is 10.8 Å². The van der Waals surface area contributed by atoms with Crippen LogP contribution in [0.2, 0.25) is 0 Å². The number of hydrogen-bond donors (Lipinski definition) is 0. The predicted octanol–water partition coefficient (Wildman–Crippen LogP) is 6.89. The minimum atomic E-state index is 0.288. The molecule has 0 heteroatoms. The fourth-order valence-electron chi connectivity index (χ4n) is 3.38. The first-order valence-electron chi connectivity index (χ1n) is 9.03. The molecule has 0 heterocycles. The van der Waals surface area contributed by atoms with Crippen molar-refractivity contribution in [2.75, 3.05) is 0 Å². The van der Waals surface area contributed by atoms with Gasteiger partial charge in [0.05, 0.1) is 0 Å². The van der Waals surface area contributed by atoms with Gasteiger partial charge in [-0.05, 0) is 34.8 Å². The number of benzene rings is 2. The highest BCUT2D eigenvalue weighted by molar-refractivity contribution is 5.24. The molecule has 0 fully saturated rings. The van der Waals surface area contributed by atoms with Crippen molar-refractivity contribution in [3.05, 3.63) is 71.8 Å². The predicted molar refractivity (Wildman–Crippen MR) is 102 cm³/mol. The highest BCUT2D eigenvalue weighted by Crippen LogP contribution is 2.31. The van der Waals surface area contributed by atoms with Gasteiger partial charge in [0.1, 0.15) is 0 Å². The van der Waals surface area contributed by atoms with Crippen LogP contribution < -0.4 is 0 Å². The van der Waals surface area contributed by atoms with Gasteiger partial charge < -0.3 is 0 Å². The van der Waals surface area contributed by atoms with Crippen molar-refractivity contribution < 1.29 is 0 Å². The lowest BCUT2D eigenvalue weighted by Gasteiger charge is -2.27. The smallest absolute Gasteiger partial charge is 0.0104 e. The van der Waals surface area contributed by atoms with Crippen LogP contribution in [0.5, 0.6) is 0 Å². The minimum absolute atomic E-state index is 0.288. The van der Waals surface area contributed by atoms with Crippen molar-refractivity contribution in [1.29, 1.82) is 0 Å². The third kappa shape index (κ3) is 5.23. The molecule has 0 nitrogen and oxygen atoms in total. The summed E-state index contributed by atoms with van der Waals surface area (Å²) < 4.78 is 0. The molecule has 0 saturated carbocycles. The van der Waals surface area contributed by atoms with E-state index in [9.17, 15) is 0 Å². The van der Waals surface area contributed by atoms with Crippen LogP contribution in [0.25, 0.3) is 0 Å². The van der Waals surface area contributed by atoms with E-state index in [1.165, 1.54) is 43.2 Å². The summed E-state index contributed by atoms with van der Waals surface area (Å²) in [6.45, 7) is 9.49. The Morgan fingerprint density at radius 2 is 0.870 bits per heavy atom. The van der Waals surface area contributed by atoms with E-state index in [1.54, 1.807) is 0 Å². The lowest BCUT2D eigenvalue weighted by molar-refractivity contribution is 0.412. The van der Waals surface area contributed by atoms with E-state index in [0.717, 1.165) is 0 Å². The van der Waals surface area contributed by atoms with Crippen molar-refractivity contribution in [3.63, 3.8) is 0 Å². The first kappa shape index (κ1) is 17.8. The SMILES string of the molecule is CC(C)(CCCCCC(C)(C)c1ccccc1)c1ccccc1. The van der Waals surface area contributed by atoms with E-state index in [2.05, 4.69) is 88.4 Å². The number of unbranched alkanes of at least 4 members (excludes halogenated alkanes) is 2.